The lowest BCUT2D eigenvalue weighted by Gasteiger charge is -2.49. The van der Waals surface area contributed by atoms with Crippen molar-refractivity contribution in [3.63, 3.8) is 0 Å². The van der Waals surface area contributed by atoms with E-state index in [9.17, 15) is 18.0 Å². The maximum atomic E-state index is 13.1. The number of piperazine rings is 1. The molecule has 2 saturated carbocycles. The number of sulfonamides is 1. The second-order valence-electron chi connectivity index (χ2n) is 8.28. The van der Waals surface area contributed by atoms with Crippen LogP contribution in [0.3, 0.4) is 0 Å². The van der Waals surface area contributed by atoms with E-state index in [4.69, 9.17) is 0 Å². The number of carbonyl (C=O) groups is 2. The van der Waals surface area contributed by atoms with Crippen LogP contribution >= 0.6 is 0 Å². The first-order valence-corrected chi connectivity index (χ1v) is 11.5. The van der Waals surface area contributed by atoms with Gasteiger partial charge in [-0.05, 0) is 32.1 Å². The van der Waals surface area contributed by atoms with Crippen LogP contribution in [0.1, 0.15) is 38.5 Å². The van der Waals surface area contributed by atoms with E-state index in [0.717, 1.165) is 38.5 Å². The molecule has 146 valence electrons. The van der Waals surface area contributed by atoms with Crippen LogP contribution in [-0.4, -0.2) is 80.1 Å². The fourth-order valence-electron chi connectivity index (χ4n) is 4.47. The normalized spacial score (nSPS) is 33.0. The van der Waals surface area contributed by atoms with Gasteiger partial charge in [0.15, 0.2) is 0 Å². The van der Waals surface area contributed by atoms with E-state index >= 15 is 0 Å². The van der Waals surface area contributed by atoms with Crippen molar-refractivity contribution in [3.8, 4) is 0 Å². The molecule has 4 fully saturated rings. The fraction of sp³-hybridized carbons (Fsp3) is 0.882. The van der Waals surface area contributed by atoms with Gasteiger partial charge in [0.1, 0.15) is 6.04 Å². The Morgan fingerprint density at radius 2 is 1.88 bits per heavy atom. The van der Waals surface area contributed by atoms with Gasteiger partial charge >= 0.3 is 0 Å². The number of hydrogen-bond donors (Lipinski definition) is 2. The fourth-order valence-corrected chi connectivity index (χ4v) is 5.24. The summed E-state index contributed by atoms with van der Waals surface area (Å²) in [6, 6.07) is -0.0817. The minimum Gasteiger partial charge on any atom is -0.354 e. The van der Waals surface area contributed by atoms with Crippen LogP contribution in [0.2, 0.25) is 0 Å². The lowest BCUT2D eigenvalue weighted by molar-refractivity contribution is -0.147. The number of nitrogens with zero attached hydrogens (tertiary/aromatic N) is 2. The molecule has 0 unspecified atom stereocenters. The zero-order valence-electron chi connectivity index (χ0n) is 15.2. The highest BCUT2D eigenvalue weighted by molar-refractivity contribution is 7.88. The van der Waals surface area contributed by atoms with Gasteiger partial charge in [0.05, 0.1) is 6.26 Å². The van der Waals surface area contributed by atoms with Crippen molar-refractivity contribution in [2.75, 3.05) is 25.9 Å². The first-order valence-electron chi connectivity index (χ1n) is 9.63. The molecule has 0 bridgehead atoms. The first kappa shape index (κ1) is 18.2. The largest absolute Gasteiger partial charge is 0.354 e. The topological polar surface area (TPSA) is 98.8 Å². The Labute approximate surface area is 154 Å². The predicted octanol–water partition coefficient (Wildman–Crippen LogP) is -0.732. The summed E-state index contributed by atoms with van der Waals surface area (Å²) in [4.78, 5) is 29.2. The van der Waals surface area contributed by atoms with Gasteiger partial charge in [-0.15, -0.1) is 0 Å². The standard InChI is InChI=1S/C17H28N4O4S/c1-26(24,25)19-12-7-14-10-20(13-3-2-4-13)15(17(23)21(14)9-12)8-18-16(22)11-5-6-11/h11-15,19H,2-10H2,1H3,(H,18,22)/t12-,14-,15-/m0/s1. The van der Waals surface area contributed by atoms with Crippen LogP contribution in [0.25, 0.3) is 0 Å². The molecular weight excluding hydrogens is 356 g/mol. The summed E-state index contributed by atoms with van der Waals surface area (Å²) in [5, 5.41) is 2.97. The lowest BCUT2D eigenvalue weighted by atomic mass is 9.88. The van der Waals surface area contributed by atoms with Gasteiger partial charge in [0, 0.05) is 43.7 Å². The minimum atomic E-state index is -3.29. The molecule has 0 aromatic heterocycles. The molecule has 2 aliphatic heterocycles. The van der Waals surface area contributed by atoms with E-state index in [0.29, 0.717) is 25.6 Å². The highest BCUT2D eigenvalue weighted by Gasteiger charge is 2.48. The molecule has 9 heteroatoms. The average Bonchev–Trinajstić information content (AvgIpc) is 3.26. The Balaban J connectivity index is 1.45. The smallest absolute Gasteiger partial charge is 0.242 e. The molecule has 8 nitrogen and oxygen atoms in total. The molecule has 26 heavy (non-hydrogen) atoms. The van der Waals surface area contributed by atoms with Crippen LogP contribution in [0.5, 0.6) is 0 Å². The van der Waals surface area contributed by atoms with Crippen LogP contribution in [0.4, 0.5) is 0 Å². The van der Waals surface area contributed by atoms with E-state index in [1.165, 1.54) is 6.42 Å². The summed E-state index contributed by atoms with van der Waals surface area (Å²) < 4.78 is 25.7. The van der Waals surface area contributed by atoms with E-state index < -0.39 is 10.0 Å². The van der Waals surface area contributed by atoms with Gasteiger partial charge in [-0.2, -0.15) is 0 Å². The van der Waals surface area contributed by atoms with Crippen LogP contribution in [-0.2, 0) is 19.6 Å². The van der Waals surface area contributed by atoms with E-state index in [2.05, 4.69) is 14.9 Å². The molecule has 0 aromatic carbocycles. The number of hydrogen-bond acceptors (Lipinski definition) is 5. The number of rotatable bonds is 6. The second kappa shape index (κ2) is 6.76. The van der Waals surface area contributed by atoms with Crippen molar-refractivity contribution in [2.24, 2.45) is 5.92 Å². The van der Waals surface area contributed by atoms with E-state index in [1.807, 2.05) is 4.90 Å². The Bertz CT molecular complexity index is 689. The van der Waals surface area contributed by atoms with Crippen LogP contribution in [0, 0.1) is 5.92 Å². The van der Waals surface area contributed by atoms with Crippen molar-refractivity contribution >= 4 is 21.8 Å². The zero-order valence-corrected chi connectivity index (χ0v) is 16.0. The number of fused-ring (bicyclic) bond motifs is 1. The van der Waals surface area contributed by atoms with E-state index in [1.54, 1.807) is 0 Å². The van der Waals surface area contributed by atoms with Gasteiger partial charge in [0.2, 0.25) is 21.8 Å². The summed E-state index contributed by atoms with van der Waals surface area (Å²) >= 11 is 0. The van der Waals surface area contributed by atoms with Gasteiger partial charge in [-0.1, -0.05) is 6.42 Å². The van der Waals surface area contributed by atoms with Crippen molar-refractivity contribution < 1.29 is 18.0 Å². The molecule has 2 amide bonds. The number of amides is 2. The molecule has 0 aromatic rings. The summed E-state index contributed by atoms with van der Waals surface area (Å²) in [7, 11) is -3.29. The lowest BCUT2D eigenvalue weighted by Crippen LogP contribution is -2.65. The Morgan fingerprint density at radius 1 is 1.15 bits per heavy atom. The molecule has 4 rings (SSSR count). The Kier molecular flexibility index (Phi) is 4.73. The number of nitrogens with one attached hydrogen (secondary N) is 2. The van der Waals surface area contributed by atoms with Crippen molar-refractivity contribution in [3.05, 3.63) is 0 Å². The average molecular weight is 385 g/mol. The predicted molar refractivity (Wildman–Crippen MR) is 95.8 cm³/mol. The number of carbonyl (C=O) groups excluding carboxylic acids is 2. The SMILES string of the molecule is CS(=O)(=O)N[C@H]1C[C@H]2CN(C3CCC3)[C@@H](CNC(=O)C3CC3)C(=O)N2C1. The third-order valence-corrected chi connectivity index (χ3v) is 6.91. The monoisotopic (exact) mass is 384 g/mol. The highest BCUT2D eigenvalue weighted by Crippen LogP contribution is 2.34. The van der Waals surface area contributed by atoms with Crippen molar-refractivity contribution in [1.29, 1.82) is 0 Å². The third-order valence-electron chi connectivity index (χ3n) is 6.15. The molecule has 2 aliphatic carbocycles. The molecule has 3 atom stereocenters. The Hall–Kier alpha value is -1.19. The molecule has 2 heterocycles. The van der Waals surface area contributed by atoms with Gasteiger partial charge in [0.25, 0.3) is 0 Å². The van der Waals surface area contributed by atoms with E-state index in [-0.39, 0.29) is 35.9 Å². The van der Waals surface area contributed by atoms with Gasteiger partial charge < -0.3 is 10.2 Å². The summed E-state index contributed by atoms with van der Waals surface area (Å²) in [5.74, 6) is 0.224. The second-order valence-corrected chi connectivity index (χ2v) is 10.1. The van der Waals surface area contributed by atoms with Gasteiger partial charge in [-0.25, -0.2) is 13.1 Å². The molecule has 4 aliphatic rings. The summed E-state index contributed by atoms with van der Waals surface area (Å²) in [6.07, 6.45) is 7.08. The molecule has 0 spiro atoms. The highest BCUT2D eigenvalue weighted by atomic mass is 32.2. The molecular formula is C17H28N4O4S. The zero-order chi connectivity index (χ0) is 18.5. The van der Waals surface area contributed by atoms with Gasteiger partial charge in [-0.3, -0.25) is 14.5 Å². The van der Waals surface area contributed by atoms with Crippen molar-refractivity contribution in [2.45, 2.75) is 62.7 Å². The van der Waals surface area contributed by atoms with Crippen LogP contribution in [0.15, 0.2) is 0 Å². The van der Waals surface area contributed by atoms with Crippen LogP contribution < -0.4 is 10.0 Å². The summed E-state index contributed by atoms with van der Waals surface area (Å²) in [6.45, 7) is 1.54. The third kappa shape index (κ3) is 3.75. The molecule has 0 radical (unpaired) electrons. The summed E-state index contributed by atoms with van der Waals surface area (Å²) in [5.41, 5.74) is 0. The minimum absolute atomic E-state index is 0.0297. The first-order chi connectivity index (χ1) is 12.3. The molecule has 2 N–H and O–H groups in total. The maximum absolute atomic E-state index is 13.1. The Morgan fingerprint density at radius 3 is 2.46 bits per heavy atom. The molecule has 2 saturated heterocycles. The maximum Gasteiger partial charge on any atom is 0.242 e. The van der Waals surface area contributed by atoms with Crippen molar-refractivity contribution in [1.82, 2.24) is 19.8 Å². The quantitative estimate of drug-likeness (QED) is 0.629.